The molecule has 169 valence electrons. The van der Waals surface area contributed by atoms with Crippen molar-refractivity contribution in [2.24, 2.45) is 0 Å². The Hall–Kier alpha value is -3.24. The molecule has 4 heterocycles. The van der Waals surface area contributed by atoms with Crippen molar-refractivity contribution >= 4 is 31.5 Å². The van der Waals surface area contributed by atoms with Gasteiger partial charge in [0.1, 0.15) is 0 Å². The van der Waals surface area contributed by atoms with Crippen molar-refractivity contribution in [3.05, 3.63) is 115 Å². The van der Waals surface area contributed by atoms with Gasteiger partial charge in [0, 0.05) is 37.2 Å². The van der Waals surface area contributed by atoms with E-state index in [2.05, 4.69) is 63.5 Å². The summed E-state index contributed by atoms with van der Waals surface area (Å²) >= 11 is 1.78. The molecule has 6 aromatic rings. The van der Waals surface area contributed by atoms with Crippen molar-refractivity contribution in [1.82, 2.24) is 15.0 Å². The zero-order valence-electron chi connectivity index (χ0n) is 18.7. The summed E-state index contributed by atoms with van der Waals surface area (Å²) < 4.78 is 2.52. The molecule has 0 aliphatic carbocycles. The summed E-state index contributed by atoms with van der Waals surface area (Å²) in [6.07, 6.45) is 5.59. The van der Waals surface area contributed by atoms with Gasteiger partial charge in [-0.25, -0.2) is 0 Å². The Labute approximate surface area is 216 Å². The predicted octanol–water partition coefficient (Wildman–Crippen LogP) is 7.47. The van der Waals surface area contributed by atoms with E-state index >= 15 is 0 Å². The summed E-state index contributed by atoms with van der Waals surface area (Å²) in [5, 5.41) is 2.55. The molecule has 2 aromatic carbocycles. The first-order chi connectivity index (χ1) is 16.2. The third kappa shape index (κ3) is 5.12. The summed E-state index contributed by atoms with van der Waals surface area (Å²) in [4.78, 5) is 13.2. The number of rotatable bonds is 2. The molecule has 0 saturated carbocycles. The third-order valence-electron chi connectivity index (χ3n) is 5.35. The Morgan fingerprint density at radius 2 is 1.53 bits per heavy atom. The maximum Gasteiger partial charge on any atom is 0.0521 e. The molecule has 1 radical (unpaired) electrons. The van der Waals surface area contributed by atoms with Crippen molar-refractivity contribution in [3.63, 3.8) is 0 Å². The minimum atomic E-state index is 0. The maximum absolute atomic E-state index is 4.57. The SMILES string of the molecule is Cc1ccc(-c2[c-]cccc2)nc1.Cc1ncc[c-]c1-c1cc2c(cn1)sc1ccccc12.[Ir]. The largest absolute Gasteiger partial charge is 0.357 e. The smallest absolute Gasteiger partial charge is 0.0521 e. The molecule has 0 fully saturated rings. The van der Waals surface area contributed by atoms with Crippen LogP contribution < -0.4 is 0 Å². The van der Waals surface area contributed by atoms with Gasteiger partial charge in [-0.05, 0) is 46.4 Å². The fourth-order valence-electron chi connectivity index (χ4n) is 3.65. The average molecular weight is 636 g/mol. The maximum atomic E-state index is 4.57. The summed E-state index contributed by atoms with van der Waals surface area (Å²) in [6, 6.07) is 30.8. The van der Waals surface area contributed by atoms with Crippen LogP contribution in [0.1, 0.15) is 11.3 Å². The van der Waals surface area contributed by atoms with Gasteiger partial charge in [-0.2, -0.15) is 0 Å². The minimum Gasteiger partial charge on any atom is -0.357 e. The van der Waals surface area contributed by atoms with Crippen LogP contribution in [0.15, 0.2) is 91.4 Å². The molecule has 0 aliphatic heterocycles. The average Bonchev–Trinajstić information content (AvgIpc) is 3.24. The van der Waals surface area contributed by atoms with Crippen molar-refractivity contribution in [2.45, 2.75) is 13.8 Å². The molecule has 0 unspecified atom stereocenters. The van der Waals surface area contributed by atoms with Crippen molar-refractivity contribution in [1.29, 1.82) is 0 Å². The topological polar surface area (TPSA) is 38.7 Å². The predicted molar refractivity (Wildman–Crippen MR) is 137 cm³/mol. The molecule has 0 saturated heterocycles. The molecule has 0 aliphatic rings. The van der Waals surface area contributed by atoms with E-state index in [0.29, 0.717) is 0 Å². The standard InChI is InChI=1S/C17H11N2S.C12H10N.Ir/c1-11-12(6-4-8-18-11)15-9-14-13-5-2-3-7-16(13)20-17(14)10-19-15;1-10-7-8-12(13-9-10)11-5-3-2-4-6-11;/h2-5,7-10H,1H3;2-5,7-9H,1H3;/q2*-1;. The van der Waals surface area contributed by atoms with Gasteiger partial charge in [-0.1, -0.05) is 49.5 Å². The van der Waals surface area contributed by atoms with Gasteiger partial charge in [-0.3, -0.25) is 0 Å². The van der Waals surface area contributed by atoms with E-state index < -0.39 is 0 Å². The van der Waals surface area contributed by atoms with E-state index in [1.807, 2.05) is 62.6 Å². The van der Waals surface area contributed by atoms with Crippen molar-refractivity contribution in [3.8, 4) is 22.5 Å². The second-order valence-corrected chi connectivity index (χ2v) is 8.79. The second-order valence-electron chi connectivity index (χ2n) is 7.71. The second kappa shape index (κ2) is 10.8. The molecular weight excluding hydrogens is 615 g/mol. The van der Waals surface area contributed by atoms with Gasteiger partial charge in [0.05, 0.1) is 4.70 Å². The Balaban J connectivity index is 0.000000171. The molecule has 3 nitrogen and oxygen atoms in total. The molecule has 0 spiro atoms. The van der Waals surface area contributed by atoms with Crippen molar-refractivity contribution < 1.29 is 20.1 Å². The van der Waals surface area contributed by atoms with Gasteiger partial charge in [-0.15, -0.1) is 64.9 Å². The van der Waals surface area contributed by atoms with Gasteiger partial charge in [0.25, 0.3) is 0 Å². The van der Waals surface area contributed by atoms with Crippen LogP contribution in [0.2, 0.25) is 0 Å². The van der Waals surface area contributed by atoms with Crippen LogP contribution in [0.3, 0.4) is 0 Å². The van der Waals surface area contributed by atoms with Crippen LogP contribution >= 0.6 is 11.3 Å². The zero-order chi connectivity index (χ0) is 22.6. The first kappa shape index (κ1) is 23.9. The molecule has 34 heavy (non-hydrogen) atoms. The normalized spacial score (nSPS) is 10.4. The van der Waals surface area contributed by atoms with Gasteiger partial charge in [0.15, 0.2) is 0 Å². The number of pyridine rings is 3. The quantitative estimate of drug-likeness (QED) is 0.185. The Bertz CT molecular complexity index is 1530. The number of fused-ring (bicyclic) bond motifs is 3. The summed E-state index contributed by atoms with van der Waals surface area (Å²) in [5.41, 5.74) is 6.07. The van der Waals surface area contributed by atoms with Gasteiger partial charge < -0.3 is 15.0 Å². The number of benzene rings is 2. The van der Waals surface area contributed by atoms with Crippen LogP contribution in [-0.4, -0.2) is 15.0 Å². The number of hydrogen-bond acceptors (Lipinski definition) is 4. The van der Waals surface area contributed by atoms with Gasteiger partial charge in [0.2, 0.25) is 0 Å². The summed E-state index contributed by atoms with van der Waals surface area (Å²) in [6.45, 7) is 4.02. The fourth-order valence-corrected chi connectivity index (χ4v) is 4.70. The molecule has 0 atom stereocenters. The van der Waals surface area contributed by atoms with E-state index in [0.717, 1.165) is 28.2 Å². The number of aryl methyl sites for hydroxylation is 2. The zero-order valence-corrected chi connectivity index (χ0v) is 22.0. The molecule has 0 bridgehead atoms. The van der Waals surface area contributed by atoms with Crippen LogP contribution in [0.5, 0.6) is 0 Å². The molecule has 0 N–H and O–H groups in total. The Morgan fingerprint density at radius 1 is 0.706 bits per heavy atom. The molecular formula is C29H21IrN3S-2. The van der Waals surface area contributed by atoms with E-state index in [-0.39, 0.29) is 20.1 Å². The first-order valence-electron chi connectivity index (χ1n) is 10.7. The number of aromatic nitrogens is 3. The number of nitrogens with zero attached hydrogens (tertiary/aromatic N) is 3. The van der Waals surface area contributed by atoms with E-state index in [9.17, 15) is 0 Å². The first-order valence-corrected chi connectivity index (χ1v) is 11.5. The summed E-state index contributed by atoms with van der Waals surface area (Å²) in [5.74, 6) is 0. The van der Waals surface area contributed by atoms with E-state index in [4.69, 9.17) is 0 Å². The van der Waals surface area contributed by atoms with E-state index in [1.54, 1.807) is 17.5 Å². The monoisotopic (exact) mass is 636 g/mol. The molecule has 6 rings (SSSR count). The van der Waals surface area contributed by atoms with Crippen LogP contribution in [0.4, 0.5) is 0 Å². The van der Waals surface area contributed by atoms with Gasteiger partial charge >= 0.3 is 0 Å². The van der Waals surface area contributed by atoms with E-state index in [1.165, 1.54) is 25.7 Å². The van der Waals surface area contributed by atoms with Crippen LogP contribution in [0.25, 0.3) is 42.7 Å². The minimum absolute atomic E-state index is 0. The van der Waals surface area contributed by atoms with Crippen LogP contribution in [0, 0.1) is 26.0 Å². The summed E-state index contributed by atoms with van der Waals surface area (Å²) in [7, 11) is 0. The Morgan fingerprint density at radius 3 is 2.29 bits per heavy atom. The molecule has 0 amide bonds. The molecule has 4 aromatic heterocycles. The fraction of sp³-hybridized carbons (Fsp3) is 0.0690. The molecule has 5 heteroatoms. The number of hydrogen-bond donors (Lipinski definition) is 0. The Kier molecular flexibility index (Phi) is 7.59. The van der Waals surface area contributed by atoms with Crippen molar-refractivity contribution in [2.75, 3.05) is 0 Å². The van der Waals surface area contributed by atoms with Crippen LogP contribution in [-0.2, 0) is 20.1 Å². The number of thiophene rings is 1. The third-order valence-corrected chi connectivity index (χ3v) is 6.47.